The van der Waals surface area contributed by atoms with E-state index in [1.165, 1.54) is 22.6 Å². The summed E-state index contributed by atoms with van der Waals surface area (Å²) in [6.07, 6.45) is 2.55. The van der Waals surface area contributed by atoms with E-state index in [0.717, 1.165) is 0 Å². The average Bonchev–Trinajstić information content (AvgIpc) is 2.36. The molecule has 0 aliphatic carbocycles. The molecule has 1 aromatic heterocycles. The second kappa shape index (κ2) is 3.61. The Labute approximate surface area is 79.6 Å². The molecule has 1 heteroatoms. The Hall–Kier alpha value is -0.300. The van der Waals surface area contributed by atoms with Crippen molar-refractivity contribution in [3.63, 3.8) is 0 Å². The molecule has 0 nitrogen and oxygen atoms in total. The van der Waals surface area contributed by atoms with E-state index >= 15 is 0 Å². The van der Waals surface area contributed by atoms with Crippen LogP contribution in [0, 0.1) is 6.92 Å². The smallest absolute Gasteiger partial charge is 0.0104 e. The first-order chi connectivity index (χ1) is 5.56. The Kier molecular flexibility index (Phi) is 2.94. The first kappa shape index (κ1) is 9.79. The molecule has 0 radical (unpaired) electrons. The summed E-state index contributed by atoms with van der Waals surface area (Å²) in [5.74, 6) is 0. The minimum absolute atomic E-state index is 0.383. The quantitative estimate of drug-likeness (QED) is 0.659. The summed E-state index contributed by atoms with van der Waals surface area (Å²) in [5.41, 5.74) is 0.383. The molecule has 0 spiro atoms. The summed E-state index contributed by atoms with van der Waals surface area (Å²) in [4.78, 5) is 2.95. The van der Waals surface area contributed by atoms with Gasteiger partial charge in [-0.3, -0.25) is 0 Å². The van der Waals surface area contributed by atoms with Gasteiger partial charge in [0.15, 0.2) is 0 Å². The Balaban J connectivity index is 2.81. The lowest BCUT2D eigenvalue weighted by atomic mass is 9.86. The van der Waals surface area contributed by atoms with Crippen LogP contribution < -0.4 is 0 Å². The molecule has 12 heavy (non-hydrogen) atoms. The summed E-state index contributed by atoms with van der Waals surface area (Å²) < 4.78 is 0. The van der Waals surface area contributed by atoms with E-state index in [1.807, 2.05) is 11.3 Å². The van der Waals surface area contributed by atoms with E-state index < -0.39 is 0 Å². The largest absolute Gasteiger partial charge is 0.145 e. The first-order valence-electron chi connectivity index (χ1n) is 4.63. The molecular weight excluding hydrogens is 164 g/mol. The van der Waals surface area contributed by atoms with Crippen molar-refractivity contribution in [3.8, 4) is 0 Å². The highest BCUT2D eigenvalue weighted by Gasteiger charge is 2.20. The SMILES string of the molecule is CCCC(C)(C)c1ccc(C)s1. The van der Waals surface area contributed by atoms with E-state index in [2.05, 4.69) is 39.8 Å². The second-order valence-corrected chi connectivity index (χ2v) is 5.33. The third-order valence-electron chi connectivity index (χ3n) is 2.28. The fourth-order valence-corrected chi connectivity index (χ4v) is 2.54. The molecule has 0 saturated carbocycles. The van der Waals surface area contributed by atoms with Crippen LogP contribution in [0.3, 0.4) is 0 Å². The van der Waals surface area contributed by atoms with Gasteiger partial charge in [0.2, 0.25) is 0 Å². The lowest BCUT2D eigenvalue weighted by Gasteiger charge is -2.22. The zero-order chi connectivity index (χ0) is 9.19. The fourth-order valence-electron chi connectivity index (χ4n) is 1.55. The van der Waals surface area contributed by atoms with Crippen LogP contribution in [-0.2, 0) is 5.41 Å². The van der Waals surface area contributed by atoms with Gasteiger partial charge in [-0.1, -0.05) is 27.2 Å². The summed E-state index contributed by atoms with van der Waals surface area (Å²) in [5, 5.41) is 0. The number of hydrogen-bond donors (Lipinski definition) is 0. The van der Waals surface area contributed by atoms with Gasteiger partial charge in [0, 0.05) is 9.75 Å². The zero-order valence-electron chi connectivity index (χ0n) is 8.48. The third-order valence-corrected chi connectivity index (χ3v) is 3.65. The van der Waals surface area contributed by atoms with E-state index in [1.54, 1.807) is 0 Å². The van der Waals surface area contributed by atoms with E-state index in [9.17, 15) is 0 Å². The van der Waals surface area contributed by atoms with Crippen molar-refractivity contribution < 1.29 is 0 Å². The van der Waals surface area contributed by atoms with Crippen LogP contribution >= 0.6 is 11.3 Å². The number of aryl methyl sites for hydroxylation is 1. The van der Waals surface area contributed by atoms with Crippen LogP contribution in [0.4, 0.5) is 0 Å². The lowest BCUT2D eigenvalue weighted by Crippen LogP contribution is -2.14. The molecule has 0 atom stereocenters. The van der Waals surface area contributed by atoms with Gasteiger partial charge in [-0.15, -0.1) is 11.3 Å². The molecule has 0 amide bonds. The third kappa shape index (κ3) is 2.10. The molecule has 0 aliphatic heterocycles. The number of rotatable bonds is 3. The Morgan fingerprint density at radius 1 is 1.33 bits per heavy atom. The van der Waals surface area contributed by atoms with Gasteiger partial charge in [-0.05, 0) is 30.9 Å². The molecule has 1 aromatic rings. The Bertz CT molecular complexity index is 245. The van der Waals surface area contributed by atoms with E-state index in [4.69, 9.17) is 0 Å². The van der Waals surface area contributed by atoms with Gasteiger partial charge < -0.3 is 0 Å². The standard InChI is InChI=1S/C11H18S/c1-5-8-11(3,4)10-7-6-9(2)12-10/h6-7H,5,8H2,1-4H3. The van der Waals surface area contributed by atoms with Crippen LogP contribution in [0.5, 0.6) is 0 Å². The van der Waals surface area contributed by atoms with Crippen LogP contribution in [0.15, 0.2) is 12.1 Å². The Morgan fingerprint density at radius 3 is 2.42 bits per heavy atom. The van der Waals surface area contributed by atoms with Crippen LogP contribution in [0.1, 0.15) is 43.4 Å². The molecule has 0 N–H and O–H groups in total. The van der Waals surface area contributed by atoms with Crippen molar-refractivity contribution in [1.29, 1.82) is 0 Å². The molecular formula is C11H18S. The monoisotopic (exact) mass is 182 g/mol. The molecule has 0 unspecified atom stereocenters. The van der Waals surface area contributed by atoms with Crippen LogP contribution in [0.25, 0.3) is 0 Å². The van der Waals surface area contributed by atoms with E-state index in [0.29, 0.717) is 5.41 Å². The molecule has 0 aliphatic rings. The van der Waals surface area contributed by atoms with Gasteiger partial charge >= 0.3 is 0 Å². The predicted octanol–water partition coefficient (Wildman–Crippen LogP) is 4.13. The summed E-state index contributed by atoms with van der Waals surface area (Å²) in [6, 6.07) is 4.49. The van der Waals surface area contributed by atoms with Crippen LogP contribution in [0.2, 0.25) is 0 Å². The summed E-state index contributed by atoms with van der Waals surface area (Å²) in [7, 11) is 0. The highest BCUT2D eigenvalue weighted by Crippen LogP contribution is 2.33. The van der Waals surface area contributed by atoms with Gasteiger partial charge in [0.1, 0.15) is 0 Å². The maximum atomic E-state index is 2.34. The normalized spacial score (nSPS) is 12.0. The topological polar surface area (TPSA) is 0 Å². The van der Waals surface area contributed by atoms with Crippen molar-refractivity contribution >= 4 is 11.3 Å². The molecule has 0 aromatic carbocycles. The lowest BCUT2D eigenvalue weighted by molar-refractivity contribution is 0.482. The summed E-state index contributed by atoms with van der Waals surface area (Å²) >= 11 is 1.93. The molecule has 0 saturated heterocycles. The Morgan fingerprint density at radius 2 is 2.00 bits per heavy atom. The van der Waals surface area contributed by atoms with Crippen molar-refractivity contribution in [2.75, 3.05) is 0 Å². The maximum Gasteiger partial charge on any atom is 0.0104 e. The van der Waals surface area contributed by atoms with Crippen LogP contribution in [-0.4, -0.2) is 0 Å². The maximum absolute atomic E-state index is 2.34. The minimum Gasteiger partial charge on any atom is -0.145 e. The first-order valence-corrected chi connectivity index (χ1v) is 5.45. The minimum atomic E-state index is 0.383. The molecule has 1 rings (SSSR count). The van der Waals surface area contributed by atoms with Gasteiger partial charge in [-0.25, -0.2) is 0 Å². The molecule has 0 fully saturated rings. The van der Waals surface area contributed by atoms with Gasteiger partial charge in [-0.2, -0.15) is 0 Å². The molecule has 1 heterocycles. The highest BCUT2D eigenvalue weighted by molar-refractivity contribution is 7.12. The van der Waals surface area contributed by atoms with Crippen molar-refractivity contribution in [2.24, 2.45) is 0 Å². The highest BCUT2D eigenvalue weighted by atomic mass is 32.1. The average molecular weight is 182 g/mol. The van der Waals surface area contributed by atoms with E-state index in [-0.39, 0.29) is 0 Å². The van der Waals surface area contributed by atoms with Gasteiger partial charge in [0.25, 0.3) is 0 Å². The predicted molar refractivity (Wildman–Crippen MR) is 57.0 cm³/mol. The fraction of sp³-hybridized carbons (Fsp3) is 0.636. The molecule has 68 valence electrons. The van der Waals surface area contributed by atoms with Gasteiger partial charge in [0.05, 0.1) is 0 Å². The zero-order valence-corrected chi connectivity index (χ0v) is 9.29. The van der Waals surface area contributed by atoms with Crippen molar-refractivity contribution in [1.82, 2.24) is 0 Å². The second-order valence-electron chi connectivity index (χ2n) is 4.04. The molecule has 0 bridgehead atoms. The van der Waals surface area contributed by atoms with Crippen molar-refractivity contribution in [3.05, 3.63) is 21.9 Å². The summed E-state index contributed by atoms with van der Waals surface area (Å²) in [6.45, 7) is 9.10. The number of hydrogen-bond acceptors (Lipinski definition) is 1. The number of thiophene rings is 1. The van der Waals surface area contributed by atoms with Crippen molar-refractivity contribution in [2.45, 2.75) is 46.0 Å².